The van der Waals surface area contributed by atoms with E-state index in [-0.39, 0.29) is 25.5 Å². The molecule has 11 nitrogen and oxygen atoms in total. The minimum Gasteiger partial charge on any atom is -0.507 e. The smallest absolute Gasteiger partial charge is 0.408 e. The zero-order chi connectivity index (χ0) is 33.0. The lowest BCUT2D eigenvalue weighted by molar-refractivity contribution is -0.148. The van der Waals surface area contributed by atoms with Gasteiger partial charge in [-0.1, -0.05) is 54.1 Å². The van der Waals surface area contributed by atoms with Crippen LogP contribution in [0, 0.1) is 0 Å². The molecule has 0 radical (unpaired) electrons. The van der Waals surface area contributed by atoms with Crippen molar-refractivity contribution >= 4 is 35.2 Å². The number of halogens is 1. The minimum absolute atomic E-state index is 0.00816. The van der Waals surface area contributed by atoms with Crippen molar-refractivity contribution in [2.45, 2.75) is 38.5 Å². The highest BCUT2D eigenvalue weighted by molar-refractivity contribution is 6.31. The molecule has 5 rings (SSSR count). The highest BCUT2D eigenvalue weighted by Gasteiger charge is 2.38. The van der Waals surface area contributed by atoms with Gasteiger partial charge in [0.05, 0.1) is 13.2 Å². The number of alkyl carbamates (subject to hydrolysis) is 1. The third kappa shape index (κ3) is 7.67. The lowest BCUT2D eigenvalue weighted by atomic mass is 10.0. The first-order valence-electron chi connectivity index (χ1n) is 14.8. The summed E-state index contributed by atoms with van der Waals surface area (Å²) < 4.78 is 12.7. The van der Waals surface area contributed by atoms with Crippen LogP contribution in [0.1, 0.15) is 32.4 Å². The van der Waals surface area contributed by atoms with E-state index < -0.39 is 35.6 Å². The molecule has 3 aromatic carbocycles. The van der Waals surface area contributed by atoms with Gasteiger partial charge in [0.25, 0.3) is 5.91 Å². The number of phenolic OH excluding ortho intramolecular Hbond substituents is 1. The highest BCUT2D eigenvalue weighted by atomic mass is 35.5. The average molecular weight is 646 g/mol. The summed E-state index contributed by atoms with van der Waals surface area (Å²) >= 11 is 6.18. The summed E-state index contributed by atoms with van der Waals surface area (Å²) in [6.45, 7) is 5.61. The SMILES string of the molecule is Cn1cc(-c2ccc(NC(=O)[C@@H]3COCCN3C(=O)[C@H](NC(=O)OC(C)(C)C)c3ccccc3)cc2)c(-c2cc(Cl)ccc2O)n1. The number of phenols is 1. The first kappa shape index (κ1) is 32.5. The Morgan fingerprint density at radius 2 is 1.76 bits per heavy atom. The molecule has 0 aliphatic carbocycles. The van der Waals surface area contributed by atoms with Gasteiger partial charge in [0, 0.05) is 41.6 Å². The fraction of sp³-hybridized carbons (Fsp3) is 0.294. The third-order valence-corrected chi connectivity index (χ3v) is 7.50. The van der Waals surface area contributed by atoms with E-state index in [1.165, 1.54) is 11.0 Å². The Morgan fingerprint density at radius 3 is 2.46 bits per heavy atom. The van der Waals surface area contributed by atoms with Crippen molar-refractivity contribution in [2.24, 2.45) is 7.05 Å². The Morgan fingerprint density at radius 1 is 1.04 bits per heavy atom. The predicted octanol–water partition coefficient (Wildman–Crippen LogP) is 5.55. The van der Waals surface area contributed by atoms with Crippen molar-refractivity contribution in [1.82, 2.24) is 20.0 Å². The molecule has 0 unspecified atom stereocenters. The number of carbonyl (C=O) groups is 3. The van der Waals surface area contributed by atoms with Crippen LogP contribution < -0.4 is 10.6 Å². The van der Waals surface area contributed by atoms with Gasteiger partial charge in [0.1, 0.15) is 29.1 Å². The third-order valence-electron chi connectivity index (χ3n) is 7.26. The normalized spacial score (nSPS) is 15.6. The van der Waals surface area contributed by atoms with Gasteiger partial charge in [-0.15, -0.1) is 0 Å². The van der Waals surface area contributed by atoms with Gasteiger partial charge < -0.3 is 30.1 Å². The molecule has 3 N–H and O–H groups in total. The number of benzene rings is 3. The summed E-state index contributed by atoms with van der Waals surface area (Å²) in [4.78, 5) is 41.7. The van der Waals surface area contributed by atoms with Crippen LogP contribution in [0.25, 0.3) is 22.4 Å². The molecular weight excluding hydrogens is 610 g/mol. The van der Waals surface area contributed by atoms with Crippen LogP contribution in [0.4, 0.5) is 10.5 Å². The quantitative estimate of drug-likeness (QED) is 0.240. The largest absolute Gasteiger partial charge is 0.507 e. The fourth-order valence-electron chi connectivity index (χ4n) is 5.16. The van der Waals surface area contributed by atoms with Crippen molar-refractivity contribution in [3.8, 4) is 28.1 Å². The van der Waals surface area contributed by atoms with E-state index in [1.54, 1.807) is 81.0 Å². The van der Waals surface area contributed by atoms with E-state index >= 15 is 0 Å². The van der Waals surface area contributed by atoms with E-state index in [9.17, 15) is 19.5 Å². The summed E-state index contributed by atoms with van der Waals surface area (Å²) in [5.74, 6) is -0.835. The number of morpholine rings is 1. The molecule has 12 heteroatoms. The standard InChI is InChI=1S/C34H36ClN5O6/c1-34(2,3)46-33(44)37-29(22-8-6-5-7-9-22)32(43)40-16-17-45-20-27(40)31(42)36-24-13-10-21(11-14-24)26-19-39(4)38-30(26)25-18-23(35)12-15-28(25)41/h5-15,18-19,27,29,41H,16-17,20H2,1-4H3,(H,36,42)(H,37,44)/t27-,29+/m0/s1. The summed E-state index contributed by atoms with van der Waals surface area (Å²) in [5, 5.41) is 21.0. The molecule has 0 saturated carbocycles. The second kappa shape index (κ2) is 13.6. The number of carbonyl (C=O) groups excluding carboxylic acids is 3. The van der Waals surface area contributed by atoms with Crippen LogP contribution >= 0.6 is 11.6 Å². The molecule has 0 bridgehead atoms. The molecule has 0 spiro atoms. The fourth-order valence-corrected chi connectivity index (χ4v) is 5.34. The Bertz CT molecular complexity index is 1720. The van der Waals surface area contributed by atoms with Gasteiger partial charge in [-0.3, -0.25) is 14.3 Å². The lowest BCUT2D eigenvalue weighted by Gasteiger charge is -2.37. The topological polar surface area (TPSA) is 135 Å². The lowest BCUT2D eigenvalue weighted by Crippen LogP contribution is -2.57. The molecule has 2 atom stereocenters. The summed E-state index contributed by atoms with van der Waals surface area (Å²) in [7, 11) is 1.79. The van der Waals surface area contributed by atoms with Crippen molar-refractivity contribution in [1.29, 1.82) is 0 Å². The van der Waals surface area contributed by atoms with Gasteiger partial charge >= 0.3 is 6.09 Å². The number of rotatable bonds is 7. The number of nitrogens with zero attached hydrogens (tertiary/aromatic N) is 3. The maximum Gasteiger partial charge on any atom is 0.408 e. The molecule has 2 heterocycles. The zero-order valence-electron chi connectivity index (χ0n) is 26.0. The summed E-state index contributed by atoms with van der Waals surface area (Å²) in [6, 6.07) is 18.7. The Labute approximate surface area is 272 Å². The first-order valence-corrected chi connectivity index (χ1v) is 15.1. The van der Waals surface area contributed by atoms with E-state index in [0.717, 1.165) is 11.1 Å². The molecule has 1 fully saturated rings. The van der Waals surface area contributed by atoms with Crippen LogP contribution in [-0.4, -0.2) is 69.1 Å². The molecule has 1 saturated heterocycles. The molecule has 4 aromatic rings. The van der Waals surface area contributed by atoms with Crippen LogP contribution in [0.3, 0.4) is 0 Å². The van der Waals surface area contributed by atoms with Crippen molar-refractivity contribution in [3.63, 3.8) is 0 Å². The van der Waals surface area contributed by atoms with E-state index in [2.05, 4.69) is 15.7 Å². The molecule has 240 valence electrons. The molecular formula is C34H36ClN5O6. The second-order valence-corrected chi connectivity index (χ2v) is 12.3. The second-order valence-electron chi connectivity index (χ2n) is 11.9. The van der Waals surface area contributed by atoms with E-state index in [1.807, 2.05) is 24.4 Å². The number of hydrogen-bond acceptors (Lipinski definition) is 7. The van der Waals surface area contributed by atoms with E-state index in [0.29, 0.717) is 27.5 Å². The predicted molar refractivity (Wildman–Crippen MR) is 174 cm³/mol. The van der Waals surface area contributed by atoms with Crippen molar-refractivity contribution < 1.29 is 29.0 Å². The highest BCUT2D eigenvalue weighted by Crippen LogP contribution is 2.37. The van der Waals surface area contributed by atoms with Gasteiger partial charge in [-0.25, -0.2) is 4.79 Å². The number of aromatic hydroxyl groups is 1. The van der Waals surface area contributed by atoms with Crippen LogP contribution in [-0.2, 0) is 26.1 Å². The summed E-state index contributed by atoms with van der Waals surface area (Å²) in [6.07, 6.45) is 1.09. The number of nitrogens with one attached hydrogen (secondary N) is 2. The Kier molecular flexibility index (Phi) is 9.64. The number of amides is 3. The van der Waals surface area contributed by atoms with Gasteiger partial charge in [0.2, 0.25) is 5.91 Å². The molecule has 1 aliphatic heterocycles. The molecule has 1 aromatic heterocycles. The maximum absolute atomic E-state index is 14.0. The van der Waals surface area contributed by atoms with Gasteiger partial charge in [0.15, 0.2) is 0 Å². The van der Waals surface area contributed by atoms with Crippen LogP contribution in [0.2, 0.25) is 5.02 Å². The number of hydrogen-bond donors (Lipinski definition) is 3. The molecule has 1 aliphatic rings. The number of aromatic nitrogens is 2. The molecule has 46 heavy (non-hydrogen) atoms. The summed E-state index contributed by atoms with van der Waals surface area (Å²) in [5.41, 5.74) is 2.92. The van der Waals surface area contributed by atoms with Crippen LogP contribution in [0.15, 0.2) is 79.0 Å². The van der Waals surface area contributed by atoms with Crippen LogP contribution in [0.5, 0.6) is 5.75 Å². The maximum atomic E-state index is 14.0. The number of anilines is 1. The van der Waals surface area contributed by atoms with Gasteiger partial charge in [-0.05, 0) is 62.2 Å². The van der Waals surface area contributed by atoms with Crippen molar-refractivity contribution in [3.05, 3.63) is 89.6 Å². The Balaban J connectivity index is 1.34. The number of aryl methyl sites for hydroxylation is 1. The minimum atomic E-state index is -1.07. The first-order chi connectivity index (χ1) is 21.9. The molecule has 3 amide bonds. The monoisotopic (exact) mass is 645 g/mol. The van der Waals surface area contributed by atoms with Gasteiger partial charge in [-0.2, -0.15) is 5.10 Å². The van der Waals surface area contributed by atoms with E-state index in [4.69, 9.17) is 21.1 Å². The Hall–Kier alpha value is -4.87. The number of ether oxygens (including phenoxy) is 2. The van der Waals surface area contributed by atoms with Crippen molar-refractivity contribution in [2.75, 3.05) is 25.1 Å². The zero-order valence-corrected chi connectivity index (χ0v) is 26.7. The average Bonchev–Trinajstić information content (AvgIpc) is 3.41.